The Bertz CT molecular complexity index is 909. The van der Waals surface area contributed by atoms with Gasteiger partial charge in [0.1, 0.15) is 17.2 Å². The second kappa shape index (κ2) is 9.04. The van der Waals surface area contributed by atoms with Crippen LogP contribution in [0, 0.1) is 23.5 Å². The fourth-order valence-electron chi connectivity index (χ4n) is 5.13. The summed E-state index contributed by atoms with van der Waals surface area (Å²) < 4.78 is 38.4. The highest BCUT2D eigenvalue weighted by Crippen LogP contribution is 2.50. The van der Waals surface area contributed by atoms with E-state index >= 15 is 0 Å². The lowest BCUT2D eigenvalue weighted by atomic mass is 9.68. The molecule has 1 saturated heterocycles. The molecule has 1 aromatic heterocycles. The topological polar surface area (TPSA) is 67.7 Å². The van der Waals surface area contributed by atoms with Crippen LogP contribution < -0.4 is 9.47 Å². The molecule has 2 aromatic rings. The Labute approximate surface area is 181 Å². The van der Waals surface area contributed by atoms with E-state index in [1.807, 2.05) is 13.8 Å². The fraction of sp³-hybridized carbons (Fsp3) is 0.565. The third kappa shape index (κ3) is 4.50. The Hall–Kier alpha value is -2.32. The summed E-state index contributed by atoms with van der Waals surface area (Å²) in [5.74, 6) is -0.555. The first-order chi connectivity index (χ1) is 14.9. The molecule has 168 valence electrons. The summed E-state index contributed by atoms with van der Waals surface area (Å²) in [6.45, 7) is 6.41. The first-order valence-electron chi connectivity index (χ1n) is 11.0. The predicted octanol–water partition coefficient (Wildman–Crippen LogP) is 3.67. The number of halogens is 2. The monoisotopic (exact) mass is 433 g/mol. The fourth-order valence-corrected chi connectivity index (χ4v) is 5.13. The standard InChI is InChI=1S/C23H29F2N3O3/c1-3-30-21-19(11-26-22(27-21)31-4-2)23(29)7-5-6-16-13-28(14-20(16)23)12-15-8-17(24)10-18(25)9-15/h8-11,16,20,29H,3-7,12-14H2,1-2H3/t16-,20+,23+/m0/s1. The smallest absolute Gasteiger partial charge is 0.319 e. The second-order valence-corrected chi connectivity index (χ2v) is 8.39. The van der Waals surface area contributed by atoms with E-state index in [1.165, 1.54) is 12.1 Å². The maximum absolute atomic E-state index is 13.6. The number of benzene rings is 1. The van der Waals surface area contributed by atoms with Crippen molar-refractivity contribution in [3.8, 4) is 11.9 Å². The first kappa shape index (κ1) is 21.9. The first-order valence-corrected chi connectivity index (χ1v) is 11.0. The minimum atomic E-state index is -1.12. The SMILES string of the molecule is CCOc1ncc([C@]2(O)CCC[C@H]3CN(Cc4cc(F)cc(F)c4)C[C@H]32)c(OCC)n1. The van der Waals surface area contributed by atoms with Crippen LogP contribution in [-0.2, 0) is 12.1 Å². The average molecular weight is 433 g/mol. The molecule has 1 saturated carbocycles. The van der Waals surface area contributed by atoms with Crippen molar-refractivity contribution >= 4 is 0 Å². The number of rotatable bonds is 7. The summed E-state index contributed by atoms with van der Waals surface area (Å²) in [7, 11) is 0. The Morgan fingerprint density at radius 2 is 1.87 bits per heavy atom. The molecule has 8 heteroatoms. The molecule has 1 aromatic carbocycles. The number of aliphatic hydroxyl groups is 1. The molecular weight excluding hydrogens is 404 g/mol. The molecule has 2 aliphatic rings. The molecule has 3 atom stereocenters. The molecule has 6 nitrogen and oxygen atoms in total. The van der Waals surface area contributed by atoms with Crippen LogP contribution in [0.4, 0.5) is 8.78 Å². The van der Waals surface area contributed by atoms with Crippen LogP contribution in [0.15, 0.2) is 24.4 Å². The highest BCUT2D eigenvalue weighted by atomic mass is 19.1. The molecule has 0 amide bonds. The quantitative estimate of drug-likeness (QED) is 0.719. The van der Waals surface area contributed by atoms with E-state index < -0.39 is 17.2 Å². The summed E-state index contributed by atoms with van der Waals surface area (Å²) in [6, 6.07) is 3.84. The third-order valence-corrected chi connectivity index (χ3v) is 6.34. The second-order valence-electron chi connectivity index (χ2n) is 8.39. The zero-order chi connectivity index (χ0) is 22.0. The Kier molecular flexibility index (Phi) is 6.39. The number of hydrogen-bond donors (Lipinski definition) is 1. The van der Waals surface area contributed by atoms with E-state index in [2.05, 4.69) is 14.9 Å². The van der Waals surface area contributed by atoms with Gasteiger partial charge in [0.05, 0.1) is 18.8 Å². The zero-order valence-electron chi connectivity index (χ0n) is 18.0. The van der Waals surface area contributed by atoms with Crippen molar-refractivity contribution in [2.24, 2.45) is 11.8 Å². The number of nitrogens with zero attached hydrogens (tertiary/aromatic N) is 3. The molecule has 1 aliphatic heterocycles. The molecule has 4 rings (SSSR count). The van der Waals surface area contributed by atoms with Crippen molar-refractivity contribution in [2.75, 3.05) is 26.3 Å². The Balaban J connectivity index is 1.59. The van der Waals surface area contributed by atoms with Crippen LogP contribution in [0.25, 0.3) is 0 Å². The van der Waals surface area contributed by atoms with Gasteiger partial charge in [-0.2, -0.15) is 4.98 Å². The van der Waals surface area contributed by atoms with E-state index in [4.69, 9.17) is 9.47 Å². The molecular formula is C23H29F2N3O3. The molecule has 0 radical (unpaired) electrons. The molecule has 2 fully saturated rings. The maximum atomic E-state index is 13.6. The van der Waals surface area contributed by atoms with Gasteiger partial charge in [0.15, 0.2) is 0 Å². The summed E-state index contributed by atoms with van der Waals surface area (Å²) in [6.07, 6.45) is 4.09. The lowest BCUT2D eigenvalue weighted by Gasteiger charge is -2.41. The minimum Gasteiger partial charge on any atom is -0.478 e. The van der Waals surface area contributed by atoms with Gasteiger partial charge in [-0.25, -0.2) is 13.8 Å². The molecule has 0 bridgehead atoms. The van der Waals surface area contributed by atoms with E-state index in [-0.39, 0.29) is 17.8 Å². The van der Waals surface area contributed by atoms with Gasteiger partial charge in [0.2, 0.25) is 5.88 Å². The summed E-state index contributed by atoms with van der Waals surface area (Å²) in [5.41, 5.74) is 0.0605. The van der Waals surface area contributed by atoms with E-state index in [0.29, 0.717) is 49.7 Å². The number of hydrogen-bond acceptors (Lipinski definition) is 6. The van der Waals surface area contributed by atoms with Crippen molar-refractivity contribution in [3.63, 3.8) is 0 Å². The van der Waals surface area contributed by atoms with E-state index in [9.17, 15) is 13.9 Å². The third-order valence-electron chi connectivity index (χ3n) is 6.34. The van der Waals surface area contributed by atoms with Crippen molar-refractivity contribution in [3.05, 3.63) is 47.2 Å². The van der Waals surface area contributed by atoms with Gasteiger partial charge < -0.3 is 14.6 Å². The van der Waals surface area contributed by atoms with Crippen LogP contribution in [0.3, 0.4) is 0 Å². The number of likely N-dealkylation sites (tertiary alicyclic amines) is 1. The van der Waals surface area contributed by atoms with Gasteiger partial charge in [-0.1, -0.05) is 0 Å². The summed E-state index contributed by atoms with van der Waals surface area (Å²) in [5, 5.41) is 11.9. The number of fused-ring (bicyclic) bond motifs is 1. The van der Waals surface area contributed by atoms with Crippen molar-refractivity contribution in [1.29, 1.82) is 0 Å². The van der Waals surface area contributed by atoms with Gasteiger partial charge >= 0.3 is 6.01 Å². The van der Waals surface area contributed by atoms with Crippen LogP contribution in [0.1, 0.15) is 44.2 Å². The van der Waals surface area contributed by atoms with Crippen LogP contribution in [0.2, 0.25) is 0 Å². The van der Waals surface area contributed by atoms with Gasteiger partial charge in [0, 0.05) is 37.8 Å². The lowest BCUT2D eigenvalue weighted by molar-refractivity contribution is -0.0672. The Morgan fingerprint density at radius 3 is 2.58 bits per heavy atom. The molecule has 2 heterocycles. The van der Waals surface area contributed by atoms with E-state index in [1.54, 1.807) is 6.20 Å². The van der Waals surface area contributed by atoms with Crippen LogP contribution in [0.5, 0.6) is 11.9 Å². The number of aromatic nitrogens is 2. The van der Waals surface area contributed by atoms with Gasteiger partial charge in [0.25, 0.3) is 0 Å². The minimum absolute atomic E-state index is 0.0413. The number of ether oxygens (including phenoxy) is 2. The Morgan fingerprint density at radius 1 is 1.13 bits per heavy atom. The predicted molar refractivity (Wildman–Crippen MR) is 111 cm³/mol. The summed E-state index contributed by atoms with van der Waals surface area (Å²) in [4.78, 5) is 10.8. The zero-order valence-corrected chi connectivity index (χ0v) is 18.0. The highest BCUT2D eigenvalue weighted by Gasteiger charge is 2.51. The van der Waals surface area contributed by atoms with Gasteiger partial charge in [-0.05, 0) is 56.7 Å². The maximum Gasteiger partial charge on any atom is 0.319 e. The van der Waals surface area contributed by atoms with E-state index in [0.717, 1.165) is 25.5 Å². The molecule has 0 unspecified atom stereocenters. The van der Waals surface area contributed by atoms with Crippen molar-refractivity contribution < 1.29 is 23.4 Å². The normalized spacial score (nSPS) is 26.0. The van der Waals surface area contributed by atoms with Crippen molar-refractivity contribution in [1.82, 2.24) is 14.9 Å². The molecule has 0 spiro atoms. The van der Waals surface area contributed by atoms with Gasteiger partial charge in [-0.3, -0.25) is 4.90 Å². The van der Waals surface area contributed by atoms with Crippen molar-refractivity contribution in [2.45, 2.75) is 45.3 Å². The molecule has 1 aliphatic carbocycles. The molecule has 1 N–H and O–H groups in total. The van der Waals surface area contributed by atoms with Crippen LogP contribution >= 0.6 is 0 Å². The average Bonchev–Trinajstić information content (AvgIpc) is 3.12. The highest BCUT2D eigenvalue weighted by molar-refractivity contribution is 5.33. The van der Waals surface area contributed by atoms with Gasteiger partial charge in [-0.15, -0.1) is 0 Å². The van der Waals surface area contributed by atoms with Crippen LogP contribution in [-0.4, -0.2) is 46.3 Å². The molecule has 31 heavy (non-hydrogen) atoms. The lowest BCUT2D eigenvalue weighted by Crippen LogP contribution is -2.43. The summed E-state index contributed by atoms with van der Waals surface area (Å²) >= 11 is 0. The largest absolute Gasteiger partial charge is 0.478 e.